The standard InChI is InChI=1S/C16H30N4O5S/c1-13(2)17-16(21)5-7-24-8-6-20-11-15(18-19-20)12-25-9-10-26(22,23)14(3)4/h11,13-14H,5-10,12H2,1-4H3,(H,17,21). The molecule has 1 amide bonds. The average molecular weight is 391 g/mol. The fraction of sp³-hybridized carbons (Fsp3) is 0.812. The Morgan fingerprint density at radius 2 is 1.92 bits per heavy atom. The summed E-state index contributed by atoms with van der Waals surface area (Å²) in [5.41, 5.74) is 0.628. The van der Waals surface area contributed by atoms with Crippen LogP contribution in [0.1, 0.15) is 39.8 Å². The monoisotopic (exact) mass is 390 g/mol. The van der Waals surface area contributed by atoms with Crippen LogP contribution < -0.4 is 5.32 Å². The lowest BCUT2D eigenvalue weighted by Gasteiger charge is -2.08. The van der Waals surface area contributed by atoms with E-state index in [9.17, 15) is 13.2 Å². The summed E-state index contributed by atoms with van der Waals surface area (Å²) in [7, 11) is -3.09. The molecule has 1 heterocycles. The molecule has 0 aromatic carbocycles. The van der Waals surface area contributed by atoms with Gasteiger partial charge in [0.1, 0.15) is 5.69 Å². The lowest BCUT2D eigenvalue weighted by atomic mass is 10.3. The Morgan fingerprint density at radius 3 is 2.58 bits per heavy atom. The second-order valence-corrected chi connectivity index (χ2v) is 9.20. The fourth-order valence-corrected chi connectivity index (χ4v) is 2.74. The van der Waals surface area contributed by atoms with Crippen molar-refractivity contribution in [2.24, 2.45) is 0 Å². The number of ether oxygens (including phenoxy) is 2. The molecule has 9 nitrogen and oxygen atoms in total. The van der Waals surface area contributed by atoms with Gasteiger partial charge < -0.3 is 14.8 Å². The van der Waals surface area contributed by atoms with Crippen LogP contribution >= 0.6 is 0 Å². The molecule has 26 heavy (non-hydrogen) atoms. The first kappa shape index (κ1) is 22.5. The van der Waals surface area contributed by atoms with E-state index in [4.69, 9.17) is 9.47 Å². The summed E-state index contributed by atoms with van der Waals surface area (Å²) in [5.74, 6) is -0.0310. The van der Waals surface area contributed by atoms with Crippen molar-refractivity contribution in [3.05, 3.63) is 11.9 Å². The minimum atomic E-state index is -3.09. The number of hydrogen-bond donors (Lipinski definition) is 1. The van der Waals surface area contributed by atoms with E-state index in [0.29, 0.717) is 31.9 Å². The number of hydrogen-bond acceptors (Lipinski definition) is 7. The molecule has 0 aliphatic rings. The number of sulfone groups is 1. The van der Waals surface area contributed by atoms with Gasteiger partial charge in [-0.15, -0.1) is 5.10 Å². The van der Waals surface area contributed by atoms with E-state index in [1.54, 1.807) is 24.7 Å². The van der Waals surface area contributed by atoms with Gasteiger partial charge >= 0.3 is 0 Å². The average Bonchev–Trinajstić information content (AvgIpc) is 2.98. The zero-order valence-corrected chi connectivity index (χ0v) is 16.8. The van der Waals surface area contributed by atoms with Gasteiger partial charge in [0, 0.05) is 12.5 Å². The summed E-state index contributed by atoms with van der Waals surface area (Å²) in [6.45, 7) is 8.76. The molecule has 0 bridgehead atoms. The molecule has 0 spiro atoms. The molecule has 1 rings (SSSR count). The third-order valence-corrected chi connectivity index (χ3v) is 5.63. The lowest BCUT2D eigenvalue weighted by molar-refractivity contribution is -0.122. The zero-order valence-electron chi connectivity index (χ0n) is 16.0. The summed E-state index contributed by atoms with van der Waals surface area (Å²) >= 11 is 0. The maximum Gasteiger partial charge on any atom is 0.222 e. The smallest absolute Gasteiger partial charge is 0.222 e. The van der Waals surface area contributed by atoms with Gasteiger partial charge in [0.15, 0.2) is 9.84 Å². The molecular weight excluding hydrogens is 360 g/mol. The van der Waals surface area contributed by atoms with E-state index >= 15 is 0 Å². The Kier molecular flexibility index (Phi) is 9.74. The number of carbonyl (C=O) groups excluding carboxylic acids is 1. The topological polar surface area (TPSA) is 112 Å². The van der Waals surface area contributed by atoms with Gasteiger partial charge in [0.2, 0.25) is 5.91 Å². The van der Waals surface area contributed by atoms with Gasteiger partial charge in [-0.25, -0.2) is 13.1 Å². The van der Waals surface area contributed by atoms with E-state index in [1.807, 2.05) is 13.8 Å². The lowest BCUT2D eigenvalue weighted by Crippen LogP contribution is -2.30. The van der Waals surface area contributed by atoms with Crippen molar-refractivity contribution in [1.82, 2.24) is 20.3 Å². The molecular formula is C16H30N4O5S. The van der Waals surface area contributed by atoms with E-state index in [0.717, 1.165) is 0 Å². The number of nitrogens with one attached hydrogen (secondary N) is 1. The Hall–Kier alpha value is -1.52. The highest BCUT2D eigenvalue weighted by Crippen LogP contribution is 2.02. The van der Waals surface area contributed by atoms with E-state index in [-0.39, 0.29) is 30.9 Å². The van der Waals surface area contributed by atoms with Crippen LogP contribution in [-0.4, -0.2) is 66.2 Å². The summed E-state index contributed by atoms with van der Waals surface area (Å²) in [6, 6.07) is 0.128. The molecule has 0 atom stereocenters. The molecule has 1 aromatic heterocycles. The maximum atomic E-state index is 11.7. The molecule has 0 fully saturated rings. The molecule has 0 radical (unpaired) electrons. The quantitative estimate of drug-likeness (QED) is 0.489. The van der Waals surface area contributed by atoms with Crippen LogP contribution in [0.5, 0.6) is 0 Å². The van der Waals surface area contributed by atoms with E-state index < -0.39 is 15.1 Å². The number of carbonyl (C=O) groups is 1. The summed E-state index contributed by atoms with van der Waals surface area (Å²) in [4.78, 5) is 11.4. The second-order valence-electron chi connectivity index (χ2n) is 6.53. The van der Waals surface area contributed by atoms with Crippen molar-refractivity contribution in [2.45, 2.75) is 58.6 Å². The van der Waals surface area contributed by atoms with Gasteiger partial charge in [-0.1, -0.05) is 5.21 Å². The van der Waals surface area contributed by atoms with E-state index in [1.165, 1.54) is 0 Å². The Balaban J connectivity index is 2.16. The van der Waals surface area contributed by atoms with E-state index in [2.05, 4.69) is 15.6 Å². The SMILES string of the molecule is CC(C)NC(=O)CCOCCn1cc(COCCS(=O)(=O)C(C)C)nn1. The molecule has 1 aromatic rings. The van der Waals surface area contributed by atoms with Crippen LogP contribution in [0.25, 0.3) is 0 Å². The molecule has 1 N–H and O–H groups in total. The summed E-state index contributed by atoms with van der Waals surface area (Å²) in [6.07, 6.45) is 2.06. The highest BCUT2D eigenvalue weighted by Gasteiger charge is 2.15. The molecule has 0 saturated carbocycles. The van der Waals surface area contributed by atoms with Gasteiger partial charge in [-0.2, -0.15) is 0 Å². The summed E-state index contributed by atoms with van der Waals surface area (Å²) in [5, 5.41) is 10.3. The van der Waals surface area contributed by atoms with Crippen LogP contribution in [0.2, 0.25) is 0 Å². The molecule has 0 aliphatic heterocycles. The van der Waals surface area contributed by atoms with Crippen molar-refractivity contribution >= 4 is 15.7 Å². The molecule has 0 unspecified atom stereocenters. The first-order valence-electron chi connectivity index (χ1n) is 8.76. The molecule has 0 aliphatic carbocycles. The van der Waals surface area contributed by atoms with Crippen LogP contribution in [0.3, 0.4) is 0 Å². The third-order valence-electron chi connectivity index (χ3n) is 3.45. The minimum Gasteiger partial charge on any atom is -0.379 e. The van der Waals surface area contributed by atoms with Crippen LogP contribution in [-0.2, 0) is 37.3 Å². The summed E-state index contributed by atoms with van der Waals surface area (Å²) < 4.78 is 35.7. The highest BCUT2D eigenvalue weighted by atomic mass is 32.2. The van der Waals surface area contributed by atoms with Crippen molar-refractivity contribution in [3.63, 3.8) is 0 Å². The van der Waals surface area contributed by atoms with Gasteiger partial charge in [-0.05, 0) is 27.7 Å². The van der Waals surface area contributed by atoms with Crippen LogP contribution in [0.15, 0.2) is 6.20 Å². The largest absolute Gasteiger partial charge is 0.379 e. The molecule has 0 saturated heterocycles. The number of aromatic nitrogens is 3. The first-order valence-corrected chi connectivity index (χ1v) is 10.5. The van der Waals surface area contributed by atoms with Crippen LogP contribution in [0, 0.1) is 0 Å². The number of nitrogens with zero attached hydrogens (tertiary/aromatic N) is 3. The normalized spacial score (nSPS) is 12.1. The van der Waals surface area contributed by atoms with Crippen molar-refractivity contribution in [2.75, 3.05) is 25.6 Å². The highest BCUT2D eigenvalue weighted by molar-refractivity contribution is 7.91. The molecule has 150 valence electrons. The van der Waals surface area contributed by atoms with Gasteiger partial charge in [0.25, 0.3) is 0 Å². The van der Waals surface area contributed by atoms with Crippen LogP contribution in [0.4, 0.5) is 0 Å². The first-order chi connectivity index (χ1) is 12.2. The Labute approximate surface area is 155 Å². The fourth-order valence-electron chi connectivity index (χ4n) is 1.92. The van der Waals surface area contributed by atoms with Crippen molar-refractivity contribution in [3.8, 4) is 0 Å². The second kappa shape index (κ2) is 11.2. The maximum absolute atomic E-state index is 11.7. The molecule has 10 heteroatoms. The van der Waals surface area contributed by atoms with Crippen molar-refractivity contribution < 1.29 is 22.7 Å². The number of rotatable bonds is 13. The van der Waals surface area contributed by atoms with Gasteiger partial charge in [-0.3, -0.25) is 4.79 Å². The predicted molar refractivity (Wildman–Crippen MR) is 97.3 cm³/mol. The Morgan fingerprint density at radius 1 is 1.19 bits per heavy atom. The predicted octanol–water partition coefficient (Wildman–Crippen LogP) is 0.549. The minimum absolute atomic E-state index is 0.00295. The van der Waals surface area contributed by atoms with Gasteiger partial charge in [0.05, 0.1) is 50.2 Å². The number of amides is 1. The Bertz CT molecular complexity index is 643. The van der Waals surface area contributed by atoms with Crippen molar-refractivity contribution in [1.29, 1.82) is 0 Å². The zero-order chi connectivity index (χ0) is 19.6. The third kappa shape index (κ3) is 9.25.